The highest BCUT2D eigenvalue weighted by molar-refractivity contribution is 9.10. The van der Waals surface area contributed by atoms with Crippen LogP contribution in [0.5, 0.6) is 0 Å². The minimum absolute atomic E-state index is 0.294. The van der Waals surface area contributed by atoms with E-state index in [1.54, 1.807) is 12.3 Å². The third kappa shape index (κ3) is 4.13. The van der Waals surface area contributed by atoms with Gasteiger partial charge in [-0.05, 0) is 72.2 Å². The van der Waals surface area contributed by atoms with E-state index in [2.05, 4.69) is 61.6 Å². The summed E-state index contributed by atoms with van der Waals surface area (Å²) in [5.41, 5.74) is 5.42. The van der Waals surface area contributed by atoms with E-state index in [0.717, 1.165) is 59.9 Å². The highest BCUT2D eigenvalue weighted by Gasteiger charge is 2.23. The number of halogens is 1. The Hall–Kier alpha value is -2.98. The number of pyridine rings is 1. The Morgan fingerprint density at radius 1 is 1.13 bits per heavy atom. The highest BCUT2D eigenvalue weighted by atomic mass is 79.9. The van der Waals surface area contributed by atoms with Crippen LogP contribution in [0.1, 0.15) is 43.4 Å². The van der Waals surface area contributed by atoms with Gasteiger partial charge in [-0.3, -0.25) is 0 Å². The van der Waals surface area contributed by atoms with Crippen molar-refractivity contribution < 1.29 is 4.42 Å². The maximum atomic E-state index is 9.05. The smallest absolute Gasteiger partial charge is 0.204 e. The summed E-state index contributed by atoms with van der Waals surface area (Å²) in [6.07, 6.45) is 8.07. The summed E-state index contributed by atoms with van der Waals surface area (Å²) in [5.74, 6) is 1.10. The normalized spacial score (nSPS) is 20.6. The predicted octanol–water partition coefficient (Wildman–Crippen LogP) is 6.17. The average Bonchev–Trinajstić information content (AvgIpc) is 3.21. The SMILES string of the molecule is C=C1CCc2ccc(NC3CCC(Nc4ncc5oc(C#N)cc5c4Br)CC3)cc2N1. The first-order valence-corrected chi connectivity index (χ1v) is 11.5. The fraction of sp³-hybridized carbons (Fsp3) is 0.333. The number of aryl methyl sites for hydroxylation is 1. The van der Waals surface area contributed by atoms with E-state index >= 15 is 0 Å². The molecule has 3 aromatic rings. The van der Waals surface area contributed by atoms with E-state index in [-0.39, 0.29) is 0 Å². The molecule has 0 spiro atoms. The first-order valence-electron chi connectivity index (χ1n) is 10.7. The Kier molecular flexibility index (Phi) is 5.33. The summed E-state index contributed by atoms with van der Waals surface area (Å²) in [5, 5.41) is 20.6. The second-order valence-corrected chi connectivity index (χ2v) is 9.15. The van der Waals surface area contributed by atoms with Crippen molar-refractivity contribution in [3.05, 3.63) is 58.5 Å². The molecule has 158 valence electrons. The highest BCUT2D eigenvalue weighted by Crippen LogP contribution is 2.34. The van der Waals surface area contributed by atoms with Crippen LogP contribution in [-0.4, -0.2) is 17.1 Å². The zero-order valence-corrected chi connectivity index (χ0v) is 18.8. The van der Waals surface area contributed by atoms with Gasteiger partial charge in [0.2, 0.25) is 5.76 Å². The molecule has 5 rings (SSSR count). The topological polar surface area (TPSA) is 85.9 Å². The molecule has 0 bridgehead atoms. The summed E-state index contributed by atoms with van der Waals surface area (Å²) in [7, 11) is 0. The van der Waals surface area contributed by atoms with Gasteiger partial charge in [0.25, 0.3) is 0 Å². The van der Waals surface area contributed by atoms with E-state index < -0.39 is 0 Å². The quantitative estimate of drug-likeness (QED) is 0.416. The number of nitrogens with one attached hydrogen (secondary N) is 3. The molecule has 3 N–H and O–H groups in total. The second kappa shape index (κ2) is 8.27. The Morgan fingerprint density at radius 3 is 2.68 bits per heavy atom. The van der Waals surface area contributed by atoms with Crippen LogP contribution in [0, 0.1) is 11.3 Å². The van der Waals surface area contributed by atoms with E-state index in [1.807, 2.05) is 6.07 Å². The number of nitriles is 1. The second-order valence-electron chi connectivity index (χ2n) is 8.36. The third-order valence-corrected chi connectivity index (χ3v) is 6.99. The molecule has 7 heteroatoms. The van der Waals surface area contributed by atoms with Crippen LogP contribution in [0.3, 0.4) is 0 Å². The van der Waals surface area contributed by atoms with Crippen molar-refractivity contribution >= 4 is 44.1 Å². The summed E-state index contributed by atoms with van der Waals surface area (Å²) in [6, 6.07) is 11.2. The number of nitrogens with zero attached hydrogens (tertiary/aromatic N) is 2. The van der Waals surface area contributed by atoms with Gasteiger partial charge in [0, 0.05) is 40.6 Å². The van der Waals surface area contributed by atoms with Crippen molar-refractivity contribution in [2.75, 3.05) is 16.0 Å². The number of aromatic nitrogens is 1. The molecule has 1 aliphatic carbocycles. The summed E-state index contributed by atoms with van der Waals surface area (Å²) >= 11 is 3.62. The van der Waals surface area contributed by atoms with Gasteiger partial charge in [0.15, 0.2) is 5.58 Å². The van der Waals surface area contributed by atoms with Crippen LogP contribution < -0.4 is 16.0 Å². The summed E-state index contributed by atoms with van der Waals surface area (Å²) in [4.78, 5) is 4.49. The number of hydrogen-bond acceptors (Lipinski definition) is 6. The number of hydrogen-bond donors (Lipinski definition) is 3. The lowest BCUT2D eigenvalue weighted by molar-refractivity contribution is 0.428. The lowest BCUT2D eigenvalue weighted by atomic mass is 9.90. The van der Waals surface area contributed by atoms with Gasteiger partial charge in [-0.2, -0.15) is 5.26 Å². The molecule has 2 aliphatic rings. The molecule has 0 radical (unpaired) electrons. The van der Waals surface area contributed by atoms with E-state index in [4.69, 9.17) is 9.68 Å². The summed E-state index contributed by atoms with van der Waals surface area (Å²) in [6.45, 7) is 4.06. The van der Waals surface area contributed by atoms with Gasteiger partial charge < -0.3 is 20.4 Å². The molecule has 6 nitrogen and oxygen atoms in total. The zero-order chi connectivity index (χ0) is 21.4. The van der Waals surface area contributed by atoms with Crippen molar-refractivity contribution in [3.8, 4) is 6.07 Å². The number of fused-ring (bicyclic) bond motifs is 2. The van der Waals surface area contributed by atoms with Crippen LogP contribution in [0.2, 0.25) is 0 Å². The maximum Gasteiger partial charge on any atom is 0.204 e. The largest absolute Gasteiger partial charge is 0.444 e. The van der Waals surface area contributed by atoms with Gasteiger partial charge in [-0.1, -0.05) is 12.6 Å². The van der Waals surface area contributed by atoms with E-state index in [0.29, 0.717) is 23.4 Å². The molecule has 31 heavy (non-hydrogen) atoms. The lowest BCUT2D eigenvalue weighted by Gasteiger charge is -2.31. The van der Waals surface area contributed by atoms with Crippen LogP contribution in [0.15, 0.2) is 51.6 Å². The molecule has 2 aromatic heterocycles. The first-order chi connectivity index (χ1) is 15.1. The fourth-order valence-corrected chi connectivity index (χ4v) is 5.01. The third-order valence-electron chi connectivity index (χ3n) is 6.18. The fourth-order valence-electron chi connectivity index (χ4n) is 4.49. The standard InChI is InChI=1S/C24H24BrN5O/c1-14-2-3-15-4-5-18(10-21(15)28-14)29-16-6-8-17(9-7-16)30-24-23(25)20-11-19(12-26)31-22(20)13-27-24/h4-5,10-11,13,16-17,28-29H,1-3,6-9H2,(H,27,30). The van der Waals surface area contributed by atoms with Gasteiger partial charge in [-0.15, -0.1) is 0 Å². The number of furan rings is 1. The zero-order valence-electron chi connectivity index (χ0n) is 17.2. The lowest BCUT2D eigenvalue weighted by Crippen LogP contribution is -2.32. The number of benzene rings is 1. The van der Waals surface area contributed by atoms with E-state index in [9.17, 15) is 0 Å². The molecule has 0 unspecified atom stereocenters. The molecular formula is C24H24BrN5O. The molecule has 1 saturated carbocycles. The minimum Gasteiger partial charge on any atom is -0.444 e. The molecular weight excluding hydrogens is 454 g/mol. The average molecular weight is 478 g/mol. The van der Waals surface area contributed by atoms with Crippen LogP contribution >= 0.6 is 15.9 Å². The molecule has 1 aromatic carbocycles. The molecule has 1 aliphatic heterocycles. The molecule has 1 fully saturated rings. The van der Waals surface area contributed by atoms with Crippen molar-refractivity contribution in [1.82, 2.24) is 4.98 Å². The first kappa shape index (κ1) is 20.0. The molecule has 0 atom stereocenters. The number of rotatable bonds is 4. The predicted molar refractivity (Wildman–Crippen MR) is 127 cm³/mol. The van der Waals surface area contributed by atoms with Gasteiger partial charge in [0.1, 0.15) is 11.9 Å². The van der Waals surface area contributed by atoms with Crippen LogP contribution in [0.4, 0.5) is 17.2 Å². The van der Waals surface area contributed by atoms with Crippen molar-refractivity contribution in [1.29, 1.82) is 5.26 Å². The Morgan fingerprint density at radius 2 is 1.90 bits per heavy atom. The van der Waals surface area contributed by atoms with Crippen molar-refractivity contribution in [2.45, 2.75) is 50.6 Å². The van der Waals surface area contributed by atoms with Gasteiger partial charge in [-0.25, -0.2) is 4.98 Å². The van der Waals surface area contributed by atoms with Crippen molar-refractivity contribution in [2.24, 2.45) is 0 Å². The maximum absolute atomic E-state index is 9.05. The Labute approximate surface area is 189 Å². The molecule has 3 heterocycles. The minimum atomic E-state index is 0.294. The van der Waals surface area contributed by atoms with Gasteiger partial charge in [0.05, 0.1) is 10.7 Å². The number of allylic oxidation sites excluding steroid dienone is 1. The number of anilines is 3. The Balaban J connectivity index is 1.20. The summed E-state index contributed by atoms with van der Waals surface area (Å²) < 4.78 is 6.30. The molecule has 0 amide bonds. The van der Waals surface area contributed by atoms with Crippen molar-refractivity contribution in [3.63, 3.8) is 0 Å². The Bertz CT molecular complexity index is 1190. The van der Waals surface area contributed by atoms with Gasteiger partial charge >= 0.3 is 0 Å². The monoisotopic (exact) mass is 477 g/mol. The van der Waals surface area contributed by atoms with E-state index in [1.165, 1.54) is 16.9 Å². The van der Waals surface area contributed by atoms with Crippen LogP contribution in [0.25, 0.3) is 11.0 Å². The molecule has 0 saturated heterocycles. The van der Waals surface area contributed by atoms with Crippen LogP contribution in [-0.2, 0) is 6.42 Å².